The molecule has 0 bridgehead atoms. The summed E-state index contributed by atoms with van der Waals surface area (Å²) in [6.07, 6.45) is 0. The standard InChI is InChI=1S/C18H13BrN2O4/c19-12-6-2-3-7-13(12)21-17(23)10-20-18(24)16-9-14(22)11-5-1-4-8-15(11)25-16/h1-9H,10H2,(H,20,24)(H,21,23). The molecule has 0 fully saturated rings. The SMILES string of the molecule is O=C(CNC(=O)c1cc(=O)c2ccccc2o1)Nc1ccccc1Br. The molecule has 2 N–H and O–H groups in total. The molecule has 1 heterocycles. The van der Waals surface area contributed by atoms with Crippen LogP contribution in [-0.2, 0) is 4.79 Å². The Bertz CT molecular complexity index is 1010. The number of nitrogens with one attached hydrogen (secondary N) is 2. The van der Waals surface area contributed by atoms with E-state index in [1.165, 1.54) is 0 Å². The second kappa shape index (κ2) is 7.31. The van der Waals surface area contributed by atoms with E-state index < -0.39 is 11.8 Å². The number of benzene rings is 2. The van der Waals surface area contributed by atoms with Gasteiger partial charge in [-0.3, -0.25) is 14.4 Å². The fraction of sp³-hybridized carbons (Fsp3) is 0.0556. The second-order valence-corrected chi connectivity index (χ2v) is 6.04. The second-order valence-electron chi connectivity index (χ2n) is 5.18. The van der Waals surface area contributed by atoms with Gasteiger partial charge in [0.15, 0.2) is 11.2 Å². The van der Waals surface area contributed by atoms with Crippen LogP contribution in [0, 0.1) is 0 Å². The normalized spacial score (nSPS) is 10.4. The summed E-state index contributed by atoms with van der Waals surface area (Å²) in [5, 5.41) is 5.49. The van der Waals surface area contributed by atoms with Crippen molar-refractivity contribution in [1.29, 1.82) is 0 Å². The predicted octanol–water partition coefficient (Wildman–Crippen LogP) is 2.92. The lowest BCUT2D eigenvalue weighted by molar-refractivity contribution is -0.115. The van der Waals surface area contributed by atoms with E-state index in [0.29, 0.717) is 16.7 Å². The Morgan fingerprint density at radius 3 is 2.56 bits per heavy atom. The Hall–Kier alpha value is -2.93. The lowest BCUT2D eigenvalue weighted by Crippen LogP contribution is -2.33. The van der Waals surface area contributed by atoms with Gasteiger partial charge in [-0.1, -0.05) is 24.3 Å². The molecule has 0 spiro atoms. The number of fused-ring (bicyclic) bond motifs is 1. The monoisotopic (exact) mass is 400 g/mol. The highest BCUT2D eigenvalue weighted by Crippen LogP contribution is 2.20. The molecule has 0 aliphatic heterocycles. The maximum absolute atomic E-state index is 12.1. The molecular formula is C18H13BrN2O4. The molecule has 0 saturated heterocycles. The van der Waals surface area contributed by atoms with Crippen LogP contribution in [0.4, 0.5) is 5.69 Å². The van der Waals surface area contributed by atoms with Crippen LogP contribution >= 0.6 is 15.9 Å². The van der Waals surface area contributed by atoms with Gasteiger partial charge in [0.2, 0.25) is 5.91 Å². The molecule has 3 rings (SSSR count). The molecule has 126 valence electrons. The van der Waals surface area contributed by atoms with E-state index in [0.717, 1.165) is 10.5 Å². The summed E-state index contributed by atoms with van der Waals surface area (Å²) in [4.78, 5) is 36.1. The molecule has 0 aliphatic rings. The predicted molar refractivity (Wildman–Crippen MR) is 97.6 cm³/mol. The van der Waals surface area contributed by atoms with Crippen molar-refractivity contribution in [3.8, 4) is 0 Å². The Balaban J connectivity index is 1.67. The zero-order chi connectivity index (χ0) is 17.8. The highest BCUT2D eigenvalue weighted by molar-refractivity contribution is 9.10. The number of hydrogen-bond donors (Lipinski definition) is 2. The smallest absolute Gasteiger partial charge is 0.287 e. The molecule has 7 heteroatoms. The Kier molecular flexibility index (Phi) is 4.95. The first-order valence-corrected chi connectivity index (χ1v) is 8.19. The van der Waals surface area contributed by atoms with Crippen molar-refractivity contribution in [1.82, 2.24) is 5.32 Å². The van der Waals surface area contributed by atoms with E-state index in [4.69, 9.17) is 4.42 Å². The first-order chi connectivity index (χ1) is 12.0. The average molecular weight is 401 g/mol. The van der Waals surface area contributed by atoms with Gasteiger partial charge < -0.3 is 15.1 Å². The van der Waals surface area contributed by atoms with E-state index in [1.807, 2.05) is 6.07 Å². The lowest BCUT2D eigenvalue weighted by atomic mass is 10.2. The number of halogens is 1. The number of hydrogen-bond acceptors (Lipinski definition) is 4. The molecule has 0 aliphatic carbocycles. The first-order valence-electron chi connectivity index (χ1n) is 7.40. The van der Waals surface area contributed by atoms with Crippen LogP contribution in [0.5, 0.6) is 0 Å². The number of para-hydroxylation sites is 2. The summed E-state index contributed by atoms with van der Waals surface area (Å²) in [7, 11) is 0. The van der Waals surface area contributed by atoms with Crippen LogP contribution in [-0.4, -0.2) is 18.4 Å². The minimum atomic E-state index is -0.634. The summed E-state index contributed by atoms with van der Waals surface area (Å²) in [6.45, 7) is -0.253. The quantitative estimate of drug-likeness (QED) is 0.704. The minimum absolute atomic E-state index is 0.141. The zero-order valence-corrected chi connectivity index (χ0v) is 14.5. The van der Waals surface area contributed by atoms with Gasteiger partial charge in [0.25, 0.3) is 5.91 Å². The van der Waals surface area contributed by atoms with Crippen molar-refractivity contribution in [3.63, 3.8) is 0 Å². The highest BCUT2D eigenvalue weighted by Gasteiger charge is 2.13. The maximum Gasteiger partial charge on any atom is 0.287 e. The van der Waals surface area contributed by atoms with E-state index in [9.17, 15) is 14.4 Å². The van der Waals surface area contributed by atoms with Crippen molar-refractivity contribution >= 4 is 44.4 Å². The van der Waals surface area contributed by atoms with Gasteiger partial charge in [0, 0.05) is 10.5 Å². The van der Waals surface area contributed by atoms with Crippen molar-refractivity contribution in [2.75, 3.05) is 11.9 Å². The third-order valence-corrected chi connectivity index (χ3v) is 4.11. The number of amides is 2. The van der Waals surface area contributed by atoms with Crippen LogP contribution in [0.2, 0.25) is 0 Å². The van der Waals surface area contributed by atoms with E-state index >= 15 is 0 Å². The molecule has 1 aromatic heterocycles. The van der Waals surface area contributed by atoms with Gasteiger partial charge in [0.05, 0.1) is 17.6 Å². The lowest BCUT2D eigenvalue weighted by Gasteiger charge is -2.08. The van der Waals surface area contributed by atoms with Gasteiger partial charge in [-0.05, 0) is 40.2 Å². The Labute approximate surface area is 151 Å². The van der Waals surface area contributed by atoms with E-state index in [-0.39, 0.29) is 17.7 Å². The fourth-order valence-corrected chi connectivity index (χ4v) is 2.60. The molecule has 6 nitrogen and oxygen atoms in total. The number of carbonyl (C=O) groups is 2. The number of carbonyl (C=O) groups excluding carboxylic acids is 2. The van der Waals surface area contributed by atoms with Crippen molar-refractivity contribution in [3.05, 3.63) is 75.1 Å². The van der Waals surface area contributed by atoms with E-state index in [1.54, 1.807) is 42.5 Å². The number of anilines is 1. The minimum Gasteiger partial charge on any atom is -0.451 e. The molecule has 25 heavy (non-hydrogen) atoms. The van der Waals surface area contributed by atoms with Crippen LogP contribution in [0.1, 0.15) is 10.6 Å². The summed E-state index contributed by atoms with van der Waals surface area (Å²) in [5.74, 6) is -1.18. The summed E-state index contributed by atoms with van der Waals surface area (Å²) in [5.41, 5.74) is 0.599. The van der Waals surface area contributed by atoms with Crippen molar-refractivity contribution in [2.24, 2.45) is 0 Å². The molecule has 3 aromatic rings. The first kappa shape index (κ1) is 16.9. The van der Waals surface area contributed by atoms with Crippen LogP contribution < -0.4 is 16.1 Å². The molecule has 0 saturated carbocycles. The van der Waals surface area contributed by atoms with Gasteiger partial charge in [-0.15, -0.1) is 0 Å². The molecule has 2 amide bonds. The topological polar surface area (TPSA) is 88.4 Å². The van der Waals surface area contributed by atoms with E-state index in [2.05, 4.69) is 26.6 Å². The molecule has 0 atom stereocenters. The maximum atomic E-state index is 12.1. The van der Waals surface area contributed by atoms with Crippen LogP contribution in [0.25, 0.3) is 11.0 Å². The summed E-state index contributed by atoms with van der Waals surface area (Å²) in [6, 6.07) is 14.9. The molecule has 2 aromatic carbocycles. The van der Waals surface area contributed by atoms with Gasteiger partial charge in [-0.25, -0.2) is 0 Å². The summed E-state index contributed by atoms with van der Waals surface area (Å²) >= 11 is 3.32. The van der Waals surface area contributed by atoms with Crippen molar-refractivity contribution < 1.29 is 14.0 Å². The third-order valence-electron chi connectivity index (χ3n) is 3.42. The number of rotatable bonds is 4. The van der Waals surface area contributed by atoms with Gasteiger partial charge in [0.1, 0.15) is 5.58 Å². The van der Waals surface area contributed by atoms with Crippen molar-refractivity contribution in [2.45, 2.75) is 0 Å². The van der Waals surface area contributed by atoms with Gasteiger partial charge >= 0.3 is 0 Å². The largest absolute Gasteiger partial charge is 0.451 e. The Morgan fingerprint density at radius 1 is 1.04 bits per heavy atom. The van der Waals surface area contributed by atoms with Gasteiger partial charge in [-0.2, -0.15) is 0 Å². The highest BCUT2D eigenvalue weighted by atomic mass is 79.9. The summed E-state index contributed by atoms with van der Waals surface area (Å²) < 4.78 is 6.15. The molecule has 0 radical (unpaired) electrons. The Morgan fingerprint density at radius 2 is 1.76 bits per heavy atom. The fourth-order valence-electron chi connectivity index (χ4n) is 2.22. The average Bonchev–Trinajstić information content (AvgIpc) is 2.61. The van der Waals surface area contributed by atoms with Crippen LogP contribution in [0.15, 0.2) is 68.3 Å². The van der Waals surface area contributed by atoms with Crippen LogP contribution in [0.3, 0.4) is 0 Å². The third kappa shape index (κ3) is 3.95. The molecular weight excluding hydrogens is 388 g/mol. The zero-order valence-electron chi connectivity index (χ0n) is 12.9. The molecule has 0 unspecified atom stereocenters.